The van der Waals surface area contributed by atoms with Gasteiger partial charge >= 0.3 is 0 Å². The molecule has 7 fully saturated rings. The Morgan fingerprint density at radius 3 is 2.05 bits per heavy atom. The maximum atomic E-state index is 13.5. The first-order chi connectivity index (χ1) is 20.5. The molecule has 4 saturated carbocycles. The van der Waals surface area contributed by atoms with Gasteiger partial charge in [0.15, 0.2) is 0 Å². The number of hydrogen-bond donors (Lipinski definition) is 2. The maximum Gasteiger partial charge on any atom is 0.206 e. The van der Waals surface area contributed by atoms with Gasteiger partial charge in [0.1, 0.15) is 0 Å². The van der Waals surface area contributed by atoms with E-state index in [0.717, 1.165) is 23.8 Å². The Labute approximate surface area is 250 Å². The Morgan fingerprint density at radius 2 is 1.33 bits per heavy atom. The van der Waals surface area contributed by atoms with Gasteiger partial charge in [0.25, 0.3) is 0 Å². The molecule has 12 atom stereocenters. The minimum Gasteiger partial charge on any atom is -0.365 e. The van der Waals surface area contributed by atoms with Crippen LogP contribution in [0, 0.1) is 46.8 Å². The fraction of sp³-hybridized carbons (Fsp3) is 0.629. The highest BCUT2D eigenvalue weighted by Gasteiger charge is 2.68. The van der Waals surface area contributed by atoms with Crippen molar-refractivity contribution in [2.75, 3.05) is 4.90 Å². The Hall–Kier alpha value is -2.40. The monoisotopic (exact) mass is 582 g/mol. The molecule has 3 heterocycles. The lowest BCUT2D eigenvalue weighted by Crippen LogP contribution is -2.45. The Morgan fingerprint density at radius 1 is 0.690 bits per heavy atom. The Bertz CT molecular complexity index is 1520. The van der Waals surface area contributed by atoms with E-state index in [9.17, 15) is 8.42 Å². The van der Waals surface area contributed by atoms with E-state index in [1.807, 2.05) is 12.1 Å². The molecule has 3 aliphatic heterocycles. The van der Waals surface area contributed by atoms with E-state index in [1.54, 1.807) is 24.3 Å². The van der Waals surface area contributed by atoms with Crippen LogP contribution in [0.5, 0.6) is 0 Å². The van der Waals surface area contributed by atoms with Crippen LogP contribution in [0.2, 0.25) is 0 Å². The van der Waals surface area contributed by atoms with Crippen LogP contribution in [0.3, 0.4) is 0 Å². The molecule has 4 aliphatic carbocycles. The number of nitrogens with one attached hydrogen (secondary N) is 2. The molecular weight excluding hydrogens is 540 g/mol. The van der Waals surface area contributed by atoms with Crippen molar-refractivity contribution in [3.05, 3.63) is 54.1 Å². The van der Waals surface area contributed by atoms with Crippen molar-refractivity contribution in [1.29, 1.82) is 5.26 Å². The second kappa shape index (κ2) is 9.55. The number of sulfone groups is 1. The molecule has 2 N–H and O–H groups in total. The van der Waals surface area contributed by atoms with E-state index in [1.165, 1.54) is 69.9 Å². The minimum absolute atomic E-state index is 0.242. The van der Waals surface area contributed by atoms with Gasteiger partial charge in [-0.2, -0.15) is 5.26 Å². The topological polar surface area (TPSA) is 85.2 Å². The lowest BCUT2D eigenvalue weighted by molar-refractivity contribution is 0.226. The fourth-order valence-corrected chi connectivity index (χ4v) is 13.0. The normalized spacial score (nSPS) is 43.2. The van der Waals surface area contributed by atoms with Crippen molar-refractivity contribution in [2.24, 2.45) is 35.5 Å². The average Bonchev–Trinajstić information content (AvgIpc) is 3.80. The predicted molar refractivity (Wildman–Crippen MR) is 162 cm³/mol. The van der Waals surface area contributed by atoms with Gasteiger partial charge in [-0.1, -0.05) is 25.7 Å². The highest BCUT2D eigenvalue weighted by molar-refractivity contribution is 7.91. The van der Waals surface area contributed by atoms with Gasteiger partial charge in [-0.25, -0.2) is 8.42 Å². The van der Waals surface area contributed by atoms with Gasteiger partial charge < -0.3 is 15.5 Å². The number of nitrogens with zero attached hydrogens (tertiary/aromatic N) is 2. The first-order valence-electron chi connectivity index (χ1n) is 16.7. The molecule has 2 aromatic rings. The summed E-state index contributed by atoms with van der Waals surface area (Å²) in [7, 11) is -3.64. The van der Waals surface area contributed by atoms with Crippen molar-refractivity contribution >= 4 is 15.5 Å². The molecule has 0 bridgehead atoms. The molecule has 3 saturated heterocycles. The van der Waals surface area contributed by atoms with Crippen molar-refractivity contribution in [1.82, 2.24) is 10.6 Å². The first kappa shape index (κ1) is 26.0. The van der Waals surface area contributed by atoms with Crippen LogP contribution in [-0.2, 0) is 9.84 Å². The highest BCUT2D eigenvalue weighted by Crippen LogP contribution is 2.62. The number of nitriles is 1. The number of hydrogen-bond acceptors (Lipinski definition) is 6. The largest absolute Gasteiger partial charge is 0.365 e. The summed E-state index contributed by atoms with van der Waals surface area (Å²) in [6, 6.07) is 20.0. The molecule has 2 aromatic carbocycles. The summed E-state index contributed by atoms with van der Waals surface area (Å²) in [5.74, 6) is 4.53. The predicted octanol–water partition coefficient (Wildman–Crippen LogP) is 5.28. The molecule has 0 amide bonds. The molecular formula is C35H42N4O2S. The van der Waals surface area contributed by atoms with Crippen LogP contribution in [0.15, 0.2) is 58.3 Å². The SMILES string of the molecule is N#Cc1ccc(S(=O)(=O)c2ccc(N3C4CC5C6CCCCC6NC5C4C4CC5NC6CCCCC6C5C43)cc2)cc1. The summed E-state index contributed by atoms with van der Waals surface area (Å²) >= 11 is 0. The standard InChI is InChI=1S/C35H42N4O2S/c36-19-20-9-13-22(14-10-20)42(40,41)23-15-11-21(12-16-23)39-31-18-26-24-5-1-3-7-28(24)38-34(26)33(31)27-17-30-32(35(27)39)25-6-2-4-8-29(25)37-30/h9-16,24-35,37-38H,1-8,17-18H2. The third kappa shape index (κ3) is 3.64. The van der Waals surface area contributed by atoms with Crippen molar-refractivity contribution < 1.29 is 8.42 Å². The summed E-state index contributed by atoms with van der Waals surface area (Å²) in [4.78, 5) is 3.41. The zero-order valence-corrected chi connectivity index (χ0v) is 25.1. The number of benzene rings is 2. The second-order valence-corrected chi connectivity index (χ2v) is 16.6. The molecule has 12 unspecified atom stereocenters. The quantitative estimate of drug-likeness (QED) is 0.512. The summed E-state index contributed by atoms with van der Waals surface area (Å²) in [5.41, 5.74) is 1.69. The number of anilines is 1. The third-order valence-corrected chi connectivity index (χ3v) is 14.9. The zero-order chi connectivity index (χ0) is 28.2. The molecule has 7 heteroatoms. The van der Waals surface area contributed by atoms with Crippen molar-refractivity contribution in [3.63, 3.8) is 0 Å². The summed E-state index contributed by atoms with van der Waals surface area (Å²) in [5, 5.41) is 17.5. The van der Waals surface area contributed by atoms with Gasteiger partial charge in [-0.15, -0.1) is 0 Å². The van der Waals surface area contributed by atoms with E-state index in [-0.39, 0.29) is 4.90 Å². The van der Waals surface area contributed by atoms with E-state index < -0.39 is 9.84 Å². The fourth-order valence-electron chi connectivity index (χ4n) is 11.7. The molecule has 42 heavy (non-hydrogen) atoms. The second-order valence-electron chi connectivity index (χ2n) is 14.6. The van der Waals surface area contributed by atoms with Crippen LogP contribution >= 0.6 is 0 Å². The van der Waals surface area contributed by atoms with Gasteiger partial charge in [0, 0.05) is 41.9 Å². The van der Waals surface area contributed by atoms with E-state index in [0.29, 0.717) is 58.4 Å². The molecule has 9 rings (SSSR count). The van der Waals surface area contributed by atoms with Gasteiger partial charge in [0.2, 0.25) is 9.84 Å². The number of fused-ring (bicyclic) bond motifs is 11. The van der Waals surface area contributed by atoms with Crippen LogP contribution in [0.4, 0.5) is 5.69 Å². The first-order valence-corrected chi connectivity index (χ1v) is 18.2. The molecule has 0 aromatic heterocycles. The van der Waals surface area contributed by atoms with Crippen LogP contribution in [0.25, 0.3) is 0 Å². The third-order valence-electron chi connectivity index (χ3n) is 13.1. The average molecular weight is 583 g/mol. The van der Waals surface area contributed by atoms with Gasteiger partial charge in [-0.3, -0.25) is 0 Å². The van der Waals surface area contributed by atoms with Gasteiger partial charge in [0.05, 0.1) is 21.4 Å². The van der Waals surface area contributed by atoms with E-state index >= 15 is 0 Å². The summed E-state index contributed by atoms with van der Waals surface area (Å²) < 4.78 is 27.0. The highest BCUT2D eigenvalue weighted by atomic mass is 32.2. The molecule has 0 radical (unpaired) electrons. The molecule has 0 spiro atoms. The Balaban J connectivity index is 1.07. The molecule has 220 valence electrons. The maximum absolute atomic E-state index is 13.5. The van der Waals surface area contributed by atoms with Crippen LogP contribution in [-0.4, -0.2) is 44.7 Å². The Kier molecular flexibility index (Phi) is 5.92. The van der Waals surface area contributed by atoms with Crippen LogP contribution in [0.1, 0.15) is 69.8 Å². The summed E-state index contributed by atoms with van der Waals surface area (Å²) in [6.45, 7) is 0. The molecule has 7 aliphatic rings. The smallest absolute Gasteiger partial charge is 0.206 e. The van der Waals surface area contributed by atoms with E-state index in [4.69, 9.17) is 5.26 Å². The van der Waals surface area contributed by atoms with Gasteiger partial charge in [-0.05, 0) is 123 Å². The minimum atomic E-state index is -3.64. The lowest BCUT2D eigenvalue weighted by atomic mass is 9.75. The zero-order valence-electron chi connectivity index (χ0n) is 24.2. The number of rotatable bonds is 3. The van der Waals surface area contributed by atoms with Crippen molar-refractivity contribution in [3.8, 4) is 6.07 Å². The summed E-state index contributed by atoms with van der Waals surface area (Å²) in [6.07, 6.45) is 13.6. The van der Waals surface area contributed by atoms with Crippen LogP contribution < -0.4 is 15.5 Å². The molecule has 6 nitrogen and oxygen atoms in total. The van der Waals surface area contributed by atoms with Crippen molar-refractivity contribution in [2.45, 2.75) is 110 Å². The van der Waals surface area contributed by atoms with E-state index in [2.05, 4.69) is 33.7 Å². The lowest BCUT2D eigenvalue weighted by Gasteiger charge is -2.39.